The van der Waals surface area contributed by atoms with Gasteiger partial charge in [-0.1, -0.05) is 36.4 Å². The Bertz CT molecular complexity index is 766. The molecule has 0 radical (unpaired) electrons. The van der Waals surface area contributed by atoms with Crippen molar-refractivity contribution in [3.05, 3.63) is 68.1 Å². The van der Waals surface area contributed by atoms with Crippen LogP contribution in [0.4, 0.5) is 0 Å². The minimum absolute atomic E-state index is 0.134. The van der Waals surface area contributed by atoms with E-state index >= 15 is 0 Å². The molecule has 3 rings (SSSR count). The number of aryl methyl sites for hydroxylation is 1. The normalized spacial score (nSPS) is 12.7. The maximum atomic E-state index is 5.83. The van der Waals surface area contributed by atoms with Gasteiger partial charge in [0.05, 0.1) is 6.04 Å². The average molecular weight is 408 g/mol. The summed E-state index contributed by atoms with van der Waals surface area (Å²) < 4.78 is 2.62. The minimum Gasteiger partial charge on any atom is -0.271 e. The maximum absolute atomic E-state index is 5.83. The van der Waals surface area contributed by atoms with Gasteiger partial charge in [-0.15, -0.1) is 11.3 Å². The largest absolute Gasteiger partial charge is 0.271 e. The first-order chi connectivity index (χ1) is 10.2. The van der Waals surface area contributed by atoms with Crippen molar-refractivity contribution < 1.29 is 0 Å². The van der Waals surface area contributed by atoms with E-state index in [0.717, 1.165) is 6.42 Å². The van der Waals surface area contributed by atoms with Gasteiger partial charge in [0.25, 0.3) is 0 Å². The lowest BCUT2D eigenvalue weighted by atomic mass is 9.98. The van der Waals surface area contributed by atoms with E-state index in [2.05, 4.69) is 82.8 Å². The predicted molar refractivity (Wildman–Crippen MR) is 99.5 cm³/mol. The molecule has 0 aliphatic carbocycles. The highest BCUT2D eigenvalue weighted by Gasteiger charge is 2.16. The summed E-state index contributed by atoms with van der Waals surface area (Å²) in [5, 5.41) is 3.59. The molecule has 0 amide bonds. The summed E-state index contributed by atoms with van der Waals surface area (Å²) in [6.45, 7) is 2.14. The number of hydrogen-bond acceptors (Lipinski definition) is 3. The van der Waals surface area contributed by atoms with Crippen LogP contribution in [-0.2, 0) is 6.42 Å². The number of benzene rings is 2. The number of fused-ring (bicyclic) bond motifs is 1. The minimum atomic E-state index is 0.134. The van der Waals surface area contributed by atoms with Gasteiger partial charge in [-0.05, 0) is 69.5 Å². The van der Waals surface area contributed by atoms with Crippen LogP contribution in [0.3, 0.4) is 0 Å². The molecule has 1 heterocycles. The van der Waals surface area contributed by atoms with E-state index in [0.29, 0.717) is 0 Å². The number of nitrogens with one attached hydrogen (secondary N) is 1. The van der Waals surface area contributed by atoms with Gasteiger partial charge in [-0.3, -0.25) is 11.3 Å². The van der Waals surface area contributed by atoms with Crippen LogP contribution < -0.4 is 11.3 Å². The van der Waals surface area contributed by atoms with E-state index in [-0.39, 0.29) is 6.04 Å². The summed E-state index contributed by atoms with van der Waals surface area (Å²) in [6.07, 6.45) is 0.903. The number of hydrogen-bond donors (Lipinski definition) is 2. The van der Waals surface area contributed by atoms with Crippen molar-refractivity contribution in [2.24, 2.45) is 5.84 Å². The SMILES string of the molecule is Cc1cccc(C(Cc2csc3ccccc23)NN)c1I. The first-order valence-corrected chi connectivity index (χ1v) is 8.83. The molecule has 21 heavy (non-hydrogen) atoms. The van der Waals surface area contributed by atoms with Gasteiger partial charge in [-0.25, -0.2) is 0 Å². The van der Waals surface area contributed by atoms with E-state index < -0.39 is 0 Å². The monoisotopic (exact) mass is 408 g/mol. The van der Waals surface area contributed by atoms with Crippen molar-refractivity contribution in [3.63, 3.8) is 0 Å². The number of nitrogens with two attached hydrogens (primary N) is 1. The lowest BCUT2D eigenvalue weighted by Gasteiger charge is -2.18. The van der Waals surface area contributed by atoms with Crippen molar-refractivity contribution in [2.45, 2.75) is 19.4 Å². The zero-order chi connectivity index (χ0) is 14.8. The third-order valence-corrected chi connectivity index (χ3v) is 6.27. The summed E-state index contributed by atoms with van der Waals surface area (Å²) in [7, 11) is 0. The summed E-state index contributed by atoms with van der Waals surface area (Å²) in [6, 6.07) is 15.1. The molecule has 0 bridgehead atoms. The van der Waals surface area contributed by atoms with Crippen molar-refractivity contribution in [1.29, 1.82) is 0 Å². The van der Waals surface area contributed by atoms with Crippen molar-refractivity contribution in [3.8, 4) is 0 Å². The molecule has 4 heteroatoms. The number of thiophene rings is 1. The fourth-order valence-electron chi connectivity index (χ4n) is 2.61. The molecule has 0 spiro atoms. The molecule has 1 unspecified atom stereocenters. The van der Waals surface area contributed by atoms with Crippen molar-refractivity contribution in [2.75, 3.05) is 0 Å². The highest BCUT2D eigenvalue weighted by atomic mass is 127. The summed E-state index contributed by atoms with van der Waals surface area (Å²) >= 11 is 4.21. The Hall–Kier alpha value is -0.950. The van der Waals surface area contributed by atoms with Gasteiger partial charge in [0.2, 0.25) is 0 Å². The van der Waals surface area contributed by atoms with Gasteiger partial charge in [0, 0.05) is 8.27 Å². The smallest absolute Gasteiger partial charge is 0.0511 e. The Morgan fingerprint density at radius 3 is 2.81 bits per heavy atom. The molecule has 0 aliphatic rings. The van der Waals surface area contributed by atoms with Crippen LogP contribution in [0.1, 0.15) is 22.7 Å². The van der Waals surface area contributed by atoms with E-state index in [1.54, 1.807) is 11.3 Å². The highest BCUT2D eigenvalue weighted by Crippen LogP contribution is 2.31. The number of rotatable bonds is 4. The quantitative estimate of drug-likeness (QED) is 0.377. The van der Waals surface area contributed by atoms with Crippen LogP contribution in [0.5, 0.6) is 0 Å². The van der Waals surface area contributed by atoms with Gasteiger partial charge in [0.1, 0.15) is 0 Å². The van der Waals surface area contributed by atoms with E-state index in [1.165, 1.54) is 30.3 Å². The van der Waals surface area contributed by atoms with Crippen LogP contribution in [0, 0.1) is 10.5 Å². The molecule has 108 valence electrons. The van der Waals surface area contributed by atoms with Gasteiger partial charge in [-0.2, -0.15) is 0 Å². The standard InChI is InChI=1S/C17H17IN2S/c1-11-5-4-7-14(17(11)18)15(20-19)9-12-10-21-16-8-3-2-6-13(12)16/h2-8,10,15,20H,9,19H2,1H3. The summed E-state index contributed by atoms with van der Waals surface area (Å²) in [5.41, 5.74) is 6.91. The topological polar surface area (TPSA) is 38.0 Å². The first kappa shape index (κ1) is 15.0. The Kier molecular flexibility index (Phi) is 4.59. The van der Waals surface area contributed by atoms with Gasteiger partial charge < -0.3 is 0 Å². The maximum Gasteiger partial charge on any atom is 0.0511 e. The lowest BCUT2D eigenvalue weighted by Crippen LogP contribution is -2.30. The van der Waals surface area contributed by atoms with E-state index in [4.69, 9.17) is 5.84 Å². The van der Waals surface area contributed by atoms with Gasteiger partial charge in [0.15, 0.2) is 0 Å². The van der Waals surface area contributed by atoms with Crippen molar-refractivity contribution in [1.82, 2.24) is 5.43 Å². The molecule has 2 aromatic carbocycles. The second-order valence-corrected chi connectivity index (χ2v) is 7.15. The molecule has 0 saturated carbocycles. The molecule has 1 aromatic heterocycles. The fourth-order valence-corrected chi connectivity index (χ4v) is 4.32. The molecule has 0 aliphatic heterocycles. The second-order valence-electron chi connectivity index (χ2n) is 5.16. The molecular formula is C17H17IN2S. The Morgan fingerprint density at radius 1 is 1.19 bits per heavy atom. The molecule has 2 nitrogen and oxygen atoms in total. The zero-order valence-corrected chi connectivity index (χ0v) is 14.7. The van der Waals surface area contributed by atoms with Crippen LogP contribution >= 0.6 is 33.9 Å². The molecule has 1 atom stereocenters. The predicted octanol–water partition coefficient (Wildman–Crippen LogP) is 4.56. The number of hydrazine groups is 1. The average Bonchev–Trinajstić information content (AvgIpc) is 2.91. The molecule has 3 aromatic rings. The van der Waals surface area contributed by atoms with Crippen LogP contribution in [-0.4, -0.2) is 0 Å². The molecule has 0 saturated heterocycles. The third kappa shape index (κ3) is 2.99. The van der Waals surface area contributed by atoms with Crippen molar-refractivity contribution >= 4 is 44.0 Å². The molecule has 3 N–H and O–H groups in total. The van der Waals surface area contributed by atoms with Crippen LogP contribution in [0.15, 0.2) is 47.8 Å². The molecule has 0 fully saturated rings. The Balaban J connectivity index is 1.96. The van der Waals surface area contributed by atoms with Gasteiger partial charge >= 0.3 is 0 Å². The van der Waals surface area contributed by atoms with E-state index in [1.807, 2.05) is 0 Å². The fraction of sp³-hybridized carbons (Fsp3) is 0.176. The highest BCUT2D eigenvalue weighted by molar-refractivity contribution is 14.1. The zero-order valence-electron chi connectivity index (χ0n) is 11.8. The Labute approximate surface area is 142 Å². The first-order valence-electron chi connectivity index (χ1n) is 6.87. The Morgan fingerprint density at radius 2 is 2.00 bits per heavy atom. The summed E-state index contributed by atoms with van der Waals surface area (Å²) in [4.78, 5) is 0. The molecular weight excluding hydrogens is 391 g/mol. The van der Waals surface area contributed by atoms with E-state index in [9.17, 15) is 0 Å². The lowest BCUT2D eigenvalue weighted by molar-refractivity contribution is 0.551. The van der Waals surface area contributed by atoms with Crippen LogP contribution in [0.25, 0.3) is 10.1 Å². The second kappa shape index (κ2) is 6.44. The van der Waals surface area contributed by atoms with Crippen LogP contribution in [0.2, 0.25) is 0 Å². The number of halogens is 1. The third-order valence-electron chi connectivity index (χ3n) is 3.78. The summed E-state index contributed by atoms with van der Waals surface area (Å²) in [5.74, 6) is 5.83.